The number of anilines is 1. The van der Waals surface area contributed by atoms with E-state index in [1.54, 1.807) is 12.5 Å². The first-order valence-electron chi connectivity index (χ1n) is 8.31. The van der Waals surface area contributed by atoms with E-state index in [4.69, 9.17) is 0 Å². The van der Waals surface area contributed by atoms with Crippen LogP contribution in [0.1, 0.15) is 18.7 Å². The SMILES string of the molecule is Cc1nccc(N2CCC(C(=O)O)(n3cnc4ccccc43)CC2)n1. The molecular weight excluding hydrogens is 318 g/mol. The number of fused-ring (bicyclic) bond motifs is 1. The average Bonchev–Trinajstić information content (AvgIpc) is 3.06. The zero-order chi connectivity index (χ0) is 17.4. The van der Waals surface area contributed by atoms with Gasteiger partial charge in [0.2, 0.25) is 0 Å². The third-order valence-corrected chi connectivity index (χ3v) is 4.99. The van der Waals surface area contributed by atoms with Gasteiger partial charge in [0.15, 0.2) is 0 Å². The molecule has 1 fully saturated rings. The Hall–Kier alpha value is -2.96. The van der Waals surface area contributed by atoms with Crippen LogP contribution in [0.4, 0.5) is 5.82 Å². The molecule has 3 aromatic rings. The van der Waals surface area contributed by atoms with Gasteiger partial charge in [-0.3, -0.25) is 0 Å². The molecule has 7 nitrogen and oxygen atoms in total. The van der Waals surface area contributed by atoms with Gasteiger partial charge in [-0.05, 0) is 38.0 Å². The highest BCUT2D eigenvalue weighted by Crippen LogP contribution is 2.34. The number of aliphatic carboxylic acids is 1. The molecule has 0 saturated carbocycles. The van der Waals surface area contributed by atoms with E-state index in [0.29, 0.717) is 31.8 Å². The van der Waals surface area contributed by atoms with Gasteiger partial charge >= 0.3 is 5.97 Å². The fourth-order valence-electron chi connectivity index (χ4n) is 3.58. The van der Waals surface area contributed by atoms with Crippen molar-refractivity contribution in [1.82, 2.24) is 19.5 Å². The highest BCUT2D eigenvalue weighted by atomic mass is 16.4. The summed E-state index contributed by atoms with van der Waals surface area (Å²) in [6, 6.07) is 9.52. The summed E-state index contributed by atoms with van der Waals surface area (Å²) in [5.41, 5.74) is 0.697. The number of benzene rings is 1. The van der Waals surface area contributed by atoms with Crippen molar-refractivity contribution in [2.24, 2.45) is 0 Å². The molecule has 1 N–H and O–H groups in total. The summed E-state index contributed by atoms with van der Waals surface area (Å²) in [4.78, 5) is 27.3. The van der Waals surface area contributed by atoms with E-state index in [0.717, 1.165) is 16.9 Å². The van der Waals surface area contributed by atoms with Crippen LogP contribution in [0.3, 0.4) is 0 Å². The van der Waals surface area contributed by atoms with Gasteiger partial charge in [-0.25, -0.2) is 19.7 Å². The van der Waals surface area contributed by atoms with E-state index in [1.165, 1.54) is 0 Å². The minimum absolute atomic E-state index is 0.492. The molecule has 3 heterocycles. The molecule has 1 saturated heterocycles. The minimum atomic E-state index is -0.978. The number of carbonyl (C=O) groups is 1. The Labute approximate surface area is 145 Å². The lowest BCUT2D eigenvalue weighted by atomic mass is 9.87. The van der Waals surface area contributed by atoms with Crippen molar-refractivity contribution >= 4 is 22.8 Å². The van der Waals surface area contributed by atoms with Gasteiger partial charge in [-0.1, -0.05) is 12.1 Å². The van der Waals surface area contributed by atoms with Gasteiger partial charge in [0.1, 0.15) is 17.2 Å². The molecule has 7 heteroatoms. The quantitative estimate of drug-likeness (QED) is 0.789. The topological polar surface area (TPSA) is 84.1 Å². The number of hydrogen-bond acceptors (Lipinski definition) is 5. The second kappa shape index (κ2) is 5.84. The highest BCUT2D eigenvalue weighted by Gasteiger charge is 2.44. The lowest BCUT2D eigenvalue weighted by molar-refractivity contribution is -0.148. The third kappa shape index (κ3) is 2.52. The molecule has 2 aromatic heterocycles. The number of hydrogen-bond donors (Lipinski definition) is 1. The number of piperidine rings is 1. The maximum Gasteiger partial charge on any atom is 0.330 e. The van der Waals surface area contributed by atoms with Crippen LogP contribution in [0.2, 0.25) is 0 Å². The maximum absolute atomic E-state index is 12.2. The molecule has 0 spiro atoms. The zero-order valence-electron chi connectivity index (χ0n) is 14.0. The molecule has 0 bridgehead atoms. The van der Waals surface area contributed by atoms with Gasteiger partial charge in [0, 0.05) is 19.3 Å². The molecule has 0 aliphatic carbocycles. The Bertz CT molecular complexity index is 928. The van der Waals surface area contributed by atoms with E-state index in [-0.39, 0.29) is 0 Å². The number of imidazole rings is 1. The predicted octanol–water partition coefficient (Wildman–Crippen LogP) is 2.22. The molecule has 0 amide bonds. The van der Waals surface area contributed by atoms with Gasteiger partial charge in [-0.2, -0.15) is 0 Å². The first kappa shape index (κ1) is 15.6. The van der Waals surface area contributed by atoms with Crippen LogP contribution < -0.4 is 4.90 Å². The van der Waals surface area contributed by atoms with Crippen LogP contribution in [-0.2, 0) is 10.3 Å². The van der Waals surface area contributed by atoms with Gasteiger partial charge in [0.05, 0.1) is 17.4 Å². The zero-order valence-corrected chi connectivity index (χ0v) is 14.0. The normalized spacial score (nSPS) is 16.9. The summed E-state index contributed by atoms with van der Waals surface area (Å²) >= 11 is 0. The van der Waals surface area contributed by atoms with Crippen LogP contribution in [0.15, 0.2) is 42.9 Å². The fourth-order valence-corrected chi connectivity index (χ4v) is 3.58. The van der Waals surface area contributed by atoms with E-state index in [1.807, 2.05) is 41.8 Å². The molecule has 128 valence electrons. The summed E-state index contributed by atoms with van der Waals surface area (Å²) in [6.07, 6.45) is 4.38. The summed E-state index contributed by atoms with van der Waals surface area (Å²) in [6.45, 7) is 3.09. The van der Waals surface area contributed by atoms with Crippen molar-refractivity contribution < 1.29 is 9.90 Å². The molecule has 25 heavy (non-hydrogen) atoms. The smallest absolute Gasteiger partial charge is 0.330 e. The fraction of sp³-hybridized carbons (Fsp3) is 0.333. The summed E-state index contributed by atoms with van der Waals surface area (Å²) in [7, 11) is 0. The number of aromatic nitrogens is 4. The van der Waals surface area contributed by atoms with E-state index in [2.05, 4.69) is 19.9 Å². The minimum Gasteiger partial charge on any atom is -0.479 e. The Kier molecular flexibility index (Phi) is 3.63. The first-order chi connectivity index (χ1) is 12.1. The lowest BCUT2D eigenvalue weighted by Gasteiger charge is -2.40. The van der Waals surface area contributed by atoms with Crippen molar-refractivity contribution in [2.45, 2.75) is 25.3 Å². The van der Waals surface area contributed by atoms with E-state index >= 15 is 0 Å². The highest BCUT2D eigenvalue weighted by molar-refractivity contribution is 5.82. The monoisotopic (exact) mass is 337 g/mol. The molecule has 1 aliphatic heterocycles. The molecule has 0 atom stereocenters. The van der Waals surface area contributed by atoms with E-state index < -0.39 is 11.5 Å². The molecule has 4 rings (SSSR count). The number of para-hydroxylation sites is 2. The lowest BCUT2D eigenvalue weighted by Crippen LogP contribution is -2.51. The molecule has 1 aromatic carbocycles. The maximum atomic E-state index is 12.2. The summed E-state index contributed by atoms with van der Waals surface area (Å²) in [5.74, 6) is 0.754. The van der Waals surface area contributed by atoms with Gasteiger partial charge in [0.25, 0.3) is 0 Å². The molecular formula is C18H19N5O2. The van der Waals surface area contributed by atoms with Crippen LogP contribution in [0.25, 0.3) is 11.0 Å². The van der Waals surface area contributed by atoms with Crippen LogP contribution in [0.5, 0.6) is 0 Å². The van der Waals surface area contributed by atoms with Crippen molar-refractivity contribution in [2.75, 3.05) is 18.0 Å². The first-order valence-corrected chi connectivity index (χ1v) is 8.31. The standard InChI is InChI=1S/C18H19N5O2/c1-13-19-9-6-16(21-13)22-10-7-18(8-11-22,17(24)25)23-12-20-14-4-2-3-5-15(14)23/h2-6,9,12H,7-8,10-11H2,1H3,(H,24,25). The summed E-state index contributed by atoms with van der Waals surface area (Å²) < 4.78 is 1.83. The number of rotatable bonds is 3. The Morgan fingerprint density at radius 1 is 1.16 bits per heavy atom. The Morgan fingerprint density at radius 2 is 1.92 bits per heavy atom. The second-order valence-electron chi connectivity index (χ2n) is 6.39. The van der Waals surface area contributed by atoms with Crippen LogP contribution >= 0.6 is 0 Å². The van der Waals surface area contributed by atoms with Gasteiger partial charge in [-0.15, -0.1) is 0 Å². The third-order valence-electron chi connectivity index (χ3n) is 4.99. The van der Waals surface area contributed by atoms with Crippen molar-refractivity contribution in [1.29, 1.82) is 0 Å². The van der Waals surface area contributed by atoms with Crippen molar-refractivity contribution in [3.63, 3.8) is 0 Å². The van der Waals surface area contributed by atoms with Crippen LogP contribution in [0, 0.1) is 6.92 Å². The van der Waals surface area contributed by atoms with E-state index in [9.17, 15) is 9.90 Å². The van der Waals surface area contributed by atoms with Gasteiger partial charge < -0.3 is 14.6 Å². The average molecular weight is 337 g/mol. The van der Waals surface area contributed by atoms with Crippen molar-refractivity contribution in [3.05, 3.63) is 48.7 Å². The number of carboxylic acid groups (broad SMARTS) is 1. The number of carboxylic acids is 1. The summed E-state index contributed by atoms with van der Waals surface area (Å²) in [5, 5.41) is 10.0. The van der Waals surface area contributed by atoms with Crippen LogP contribution in [-0.4, -0.2) is 43.7 Å². The molecule has 0 unspecified atom stereocenters. The van der Waals surface area contributed by atoms with Crippen molar-refractivity contribution in [3.8, 4) is 0 Å². The largest absolute Gasteiger partial charge is 0.479 e. The number of nitrogens with zero attached hydrogens (tertiary/aromatic N) is 5. The Balaban J connectivity index is 1.67. The number of aryl methyl sites for hydroxylation is 1. The molecule has 1 aliphatic rings. The predicted molar refractivity (Wildman–Crippen MR) is 93.6 cm³/mol. The second-order valence-corrected chi connectivity index (χ2v) is 6.39. The Morgan fingerprint density at radius 3 is 2.64 bits per heavy atom. The molecule has 0 radical (unpaired) electrons.